The molecule has 0 spiro atoms. The Labute approximate surface area is 121 Å². The molecule has 7 heteroatoms. The van der Waals surface area contributed by atoms with Gasteiger partial charge in [0.25, 0.3) is 5.89 Å². The third-order valence-electron chi connectivity index (χ3n) is 3.40. The van der Waals surface area contributed by atoms with Crippen LogP contribution >= 0.6 is 11.5 Å². The molecule has 1 aliphatic rings. The Balaban J connectivity index is 1.91. The molecule has 1 saturated carbocycles. The summed E-state index contributed by atoms with van der Waals surface area (Å²) in [5.74, 6) is 1.70. The lowest BCUT2D eigenvalue weighted by atomic mass is 10.2. The molecule has 0 bridgehead atoms. The van der Waals surface area contributed by atoms with Gasteiger partial charge in [-0.1, -0.05) is 5.16 Å². The van der Waals surface area contributed by atoms with Gasteiger partial charge in [0.1, 0.15) is 11.1 Å². The van der Waals surface area contributed by atoms with Crippen LogP contribution in [0.3, 0.4) is 0 Å². The van der Waals surface area contributed by atoms with Crippen molar-refractivity contribution in [3.05, 3.63) is 11.5 Å². The normalized spacial score (nSPS) is 16.4. The molecule has 0 aliphatic heterocycles. The lowest BCUT2D eigenvalue weighted by Crippen LogP contribution is -2.08. The summed E-state index contributed by atoms with van der Waals surface area (Å²) in [7, 11) is 1.86. The van der Waals surface area contributed by atoms with Gasteiger partial charge in [-0.05, 0) is 44.1 Å². The van der Waals surface area contributed by atoms with Gasteiger partial charge >= 0.3 is 0 Å². The fourth-order valence-corrected chi connectivity index (χ4v) is 2.98. The molecule has 6 nitrogen and oxygen atoms in total. The molecular weight excluding hydrogens is 276 g/mol. The van der Waals surface area contributed by atoms with Crippen LogP contribution < -0.4 is 5.32 Å². The average molecular weight is 294 g/mol. The van der Waals surface area contributed by atoms with Crippen LogP contribution in [-0.4, -0.2) is 28.2 Å². The molecule has 2 aromatic rings. The van der Waals surface area contributed by atoms with Crippen LogP contribution in [-0.2, 0) is 4.74 Å². The van der Waals surface area contributed by atoms with Gasteiger partial charge < -0.3 is 14.6 Å². The zero-order valence-corrected chi connectivity index (χ0v) is 12.7. The van der Waals surface area contributed by atoms with E-state index in [1.807, 2.05) is 20.9 Å². The quantitative estimate of drug-likeness (QED) is 0.882. The topological polar surface area (TPSA) is 73.1 Å². The molecule has 1 N–H and O–H groups in total. The molecule has 1 atom stereocenters. The number of aryl methyl sites for hydroxylation is 1. The summed E-state index contributed by atoms with van der Waals surface area (Å²) in [5, 5.41) is 8.16. The summed E-state index contributed by atoms with van der Waals surface area (Å²) in [5.41, 5.74) is 1.79. The maximum absolute atomic E-state index is 5.76. The Bertz CT molecular complexity index is 591. The molecule has 0 aromatic carbocycles. The van der Waals surface area contributed by atoms with E-state index < -0.39 is 0 Å². The number of nitrogens with zero attached hydrogens (tertiary/aromatic N) is 3. The van der Waals surface area contributed by atoms with Crippen LogP contribution in [0.5, 0.6) is 0 Å². The van der Waals surface area contributed by atoms with Crippen molar-refractivity contribution in [3.8, 4) is 11.5 Å². The fourth-order valence-electron chi connectivity index (χ4n) is 2.24. The summed E-state index contributed by atoms with van der Waals surface area (Å²) in [4.78, 5) is 4.53. The van der Waals surface area contributed by atoms with E-state index >= 15 is 0 Å². The van der Waals surface area contributed by atoms with E-state index in [4.69, 9.17) is 9.26 Å². The second-order valence-electron chi connectivity index (χ2n) is 4.89. The molecule has 1 aliphatic carbocycles. The lowest BCUT2D eigenvalue weighted by molar-refractivity contribution is 0.0385. The van der Waals surface area contributed by atoms with Crippen molar-refractivity contribution in [1.29, 1.82) is 0 Å². The van der Waals surface area contributed by atoms with E-state index in [1.165, 1.54) is 24.4 Å². The maximum atomic E-state index is 5.76. The first-order valence-corrected chi connectivity index (χ1v) is 7.61. The second kappa shape index (κ2) is 5.49. The molecule has 1 fully saturated rings. The summed E-state index contributed by atoms with van der Waals surface area (Å²) in [6.07, 6.45) is 2.31. The van der Waals surface area contributed by atoms with E-state index in [9.17, 15) is 0 Å². The highest BCUT2D eigenvalue weighted by Crippen LogP contribution is 2.43. The first kappa shape index (κ1) is 13.5. The van der Waals surface area contributed by atoms with Crippen molar-refractivity contribution in [3.63, 3.8) is 0 Å². The zero-order valence-electron chi connectivity index (χ0n) is 11.8. The molecule has 108 valence electrons. The molecule has 0 radical (unpaired) electrons. The molecule has 2 aromatic heterocycles. The van der Waals surface area contributed by atoms with Crippen molar-refractivity contribution in [2.24, 2.45) is 5.92 Å². The second-order valence-corrected chi connectivity index (χ2v) is 5.67. The Kier molecular flexibility index (Phi) is 3.71. The summed E-state index contributed by atoms with van der Waals surface area (Å²) in [6, 6.07) is 0. The van der Waals surface area contributed by atoms with Crippen molar-refractivity contribution >= 4 is 16.5 Å². The van der Waals surface area contributed by atoms with Gasteiger partial charge in [-0.25, -0.2) is 0 Å². The predicted molar refractivity (Wildman–Crippen MR) is 76.8 cm³/mol. The lowest BCUT2D eigenvalue weighted by Gasteiger charge is -2.10. The van der Waals surface area contributed by atoms with Crippen molar-refractivity contribution < 1.29 is 9.26 Å². The zero-order chi connectivity index (χ0) is 14.1. The highest BCUT2D eigenvalue weighted by molar-refractivity contribution is 7.10. The smallest absolute Gasteiger partial charge is 0.262 e. The summed E-state index contributed by atoms with van der Waals surface area (Å²) < 4.78 is 15.5. The largest absolute Gasteiger partial charge is 0.378 e. The van der Waals surface area contributed by atoms with Crippen LogP contribution in [0, 0.1) is 12.8 Å². The minimum atomic E-state index is -0.0394. The number of anilines is 1. The number of rotatable bonds is 6. The molecule has 1 unspecified atom stereocenters. The Hall–Kier alpha value is -1.47. The predicted octanol–water partition coefficient (Wildman–Crippen LogP) is 3.03. The monoisotopic (exact) mass is 294 g/mol. The highest BCUT2D eigenvalue weighted by atomic mass is 32.1. The average Bonchev–Trinajstić information content (AvgIpc) is 3.05. The van der Waals surface area contributed by atoms with E-state index in [-0.39, 0.29) is 6.10 Å². The molecule has 0 saturated heterocycles. The van der Waals surface area contributed by atoms with Crippen molar-refractivity contribution in [2.45, 2.75) is 32.8 Å². The number of hydrogen-bond acceptors (Lipinski definition) is 7. The van der Waals surface area contributed by atoms with Gasteiger partial charge in [-0.15, -0.1) is 0 Å². The number of aromatic nitrogens is 3. The molecule has 20 heavy (non-hydrogen) atoms. The number of hydrogen-bond donors (Lipinski definition) is 1. The first-order chi connectivity index (χ1) is 9.74. The number of nitrogens with one attached hydrogen (secondary N) is 1. The van der Waals surface area contributed by atoms with Gasteiger partial charge in [0.05, 0.1) is 11.3 Å². The fraction of sp³-hybridized carbons (Fsp3) is 0.615. The highest BCUT2D eigenvalue weighted by Gasteiger charge is 2.36. The maximum Gasteiger partial charge on any atom is 0.262 e. The van der Waals surface area contributed by atoms with Gasteiger partial charge in [-0.3, -0.25) is 0 Å². The minimum Gasteiger partial charge on any atom is -0.378 e. The Morgan fingerprint density at radius 2 is 2.30 bits per heavy atom. The Morgan fingerprint density at radius 1 is 1.50 bits per heavy atom. The first-order valence-electron chi connectivity index (χ1n) is 6.84. The van der Waals surface area contributed by atoms with E-state index in [0.717, 1.165) is 16.3 Å². The molecule has 3 rings (SSSR count). The van der Waals surface area contributed by atoms with E-state index in [2.05, 4.69) is 19.8 Å². The summed E-state index contributed by atoms with van der Waals surface area (Å²) in [6.45, 7) is 4.59. The van der Waals surface area contributed by atoms with Crippen LogP contribution in [0.4, 0.5) is 5.00 Å². The van der Waals surface area contributed by atoms with Gasteiger partial charge in [0.2, 0.25) is 5.82 Å². The molecule has 2 heterocycles. The minimum absolute atomic E-state index is 0.0394. The van der Waals surface area contributed by atoms with Crippen molar-refractivity contribution in [1.82, 2.24) is 14.5 Å². The Morgan fingerprint density at radius 3 is 2.95 bits per heavy atom. The van der Waals surface area contributed by atoms with Gasteiger partial charge in [0, 0.05) is 13.7 Å². The van der Waals surface area contributed by atoms with Crippen LogP contribution in [0.1, 0.15) is 37.4 Å². The van der Waals surface area contributed by atoms with E-state index in [0.29, 0.717) is 24.2 Å². The molecular formula is C13H18N4O2S. The van der Waals surface area contributed by atoms with Crippen LogP contribution in [0.2, 0.25) is 0 Å². The third-order valence-corrected chi connectivity index (χ3v) is 4.35. The van der Waals surface area contributed by atoms with Crippen molar-refractivity contribution in [2.75, 3.05) is 19.0 Å². The third kappa shape index (κ3) is 2.43. The van der Waals surface area contributed by atoms with Gasteiger partial charge in [-0.2, -0.15) is 9.36 Å². The SMILES string of the molecule is CCOC(c1noc(-c2c(C)nsc2NC)n1)C1CC1. The number of ether oxygens (including phenoxy) is 1. The standard InChI is InChI=1S/C13H18N4O2S/c1-4-18-10(8-5-6-8)11-15-12(19-16-11)9-7(2)17-20-13(9)14-3/h8,10,14H,4-6H2,1-3H3. The summed E-state index contributed by atoms with van der Waals surface area (Å²) >= 11 is 1.40. The van der Waals surface area contributed by atoms with Crippen LogP contribution in [0.15, 0.2) is 4.52 Å². The molecule has 0 amide bonds. The van der Waals surface area contributed by atoms with Gasteiger partial charge in [0.15, 0.2) is 0 Å². The van der Waals surface area contributed by atoms with E-state index in [1.54, 1.807) is 0 Å². The van der Waals surface area contributed by atoms with Crippen LogP contribution in [0.25, 0.3) is 11.5 Å².